The van der Waals surface area contributed by atoms with Crippen LogP contribution in [-0.4, -0.2) is 33.7 Å². The Bertz CT molecular complexity index is 1100. The van der Waals surface area contributed by atoms with Crippen LogP contribution in [0.15, 0.2) is 44.2 Å². The Morgan fingerprint density at radius 1 is 1.21 bits per heavy atom. The van der Waals surface area contributed by atoms with Gasteiger partial charge in [0.1, 0.15) is 11.4 Å². The van der Waals surface area contributed by atoms with Crippen LogP contribution in [0.2, 0.25) is 0 Å². The minimum Gasteiger partial charge on any atom is -0.493 e. The largest absolute Gasteiger partial charge is 0.493 e. The van der Waals surface area contributed by atoms with Gasteiger partial charge in [0.2, 0.25) is 5.88 Å². The molecular weight excluding hydrogens is 390 g/mol. The van der Waals surface area contributed by atoms with E-state index in [9.17, 15) is 28.2 Å². The molecule has 0 atom stereocenters. The predicted octanol–water partition coefficient (Wildman–Crippen LogP) is 3.02. The Morgan fingerprint density at radius 3 is 2.46 bits per heavy atom. The van der Waals surface area contributed by atoms with Crippen molar-refractivity contribution >= 4 is 27.5 Å². The number of aromatic carboxylic acids is 1. The van der Waals surface area contributed by atoms with Crippen molar-refractivity contribution in [2.75, 3.05) is 0 Å². The summed E-state index contributed by atoms with van der Waals surface area (Å²) in [5, 5.41) is 27.2. The molecule has 1 aromatic heterocycles. The summed E-state index contributed by atoms with van der Waals surface area (Å²) in [7, 11) is -4.58. The molecule has 1 heterocycles. The van der Waals surface area contributed by atoms with E-state index in [-0.39, 0.29) is 23.5 Å². The topological polar surface area (TPSA) is 159 Å². The van der Waals surface area contributed by atoms with Crippen LogP contribution in [0.25, 0.3) is 0 Å². The third-order valence-corrected chi connectivity index (χ3v) is 4.79. The van der Waals surface area contributed by atoms with Crippen molar-refractivity contribution in [1.29, 1.82) is 0 Å². The molecule has 0 amide bonds. The van der Waals surface area contributed by atoms with Gasteiger partial charge >= 0.3 is 5.97 Å². The predicted molar refractivity (Wildman–Crippen MR) is 99.4 cm³/mol. The molecule has 0 fully saturated rings. The van der Waals surface area contributed by atoms with Crippen LogP contribution in [0.1, 0.15) is 35.7 Å². The molecule has 150 valence electrons. The van der Waals surface area contributed by atoms with Crippen LogP contribution in [0, 0.1) is 6.92 Å². The molecule has 2 aromatic rings. The van der Waals surface area contributed by atoms with E-state index in [0.717, 1.165) is 29.2 Å². The van der Waals surface area contributed by atoms with Gasteiger partial charge in [0.05, 0.1) is 10.5 Å². The van der Waals surface area contributed by atoms with Crippen LogP contribution in [0.5, 0.6) is 5.88 Å². The molecule has 2 rings (SSSR count). The van der Waals surface area contributed by atoms with Crippen molar-refractivity contribution in [3.63, 3.8) is 0 Å². The molecule has 0 saturated carbocycles. The summed E-state index contributed by atoms with van der Waals surface area (Å²) in [5.41, 5.74) is -0.853. The highest BCUT2D eigenvalue weighted by Crippen LogP contribution is 2.32. The van der Waals surface area contributed by atoms with Crippen molar-refractivity contribution in [3.8, 4) is 5.88 Å². The standard InChI is InChI=1S/C17H19N3O7S/c1-3-4-7-20-14(21)8-10(2)15(16(20)22)19-18-13-9-11(28(25,26)27)5-6-12(13)17(23)24/h5-6,8-9,22H,3-4,7H2,1-2H3,(H,23,24)(H,25,26,27). The van der Waals surface area contributed by atoms with Crippen molar-refractivity contribution in [3.05, 3.63) is 45.7 Å². The minimum atomic E-state index is -4.58. The lowest BCUT2D eigenvalue weighted by molar-refractivity contribution is 0.0697. The summed E-state index contributed by atoms with van der Waals surface area (Å²) in [6, 6.07) is 4.00. The number of nitrogens with zero attached hydrogens (tertiary/aromatic N) is 3. The van der Waals surface area contributed by atoms with E-state index in [1.165, 1.54) is 13.0 Å². The number of aryl methyl sites for hydroxylation is 1. The fourth-order valence-corrected chi connectivity index (χ4v) is 2.94. The van der Waals surface area contributed by atoms with E-state index in [4.69, 9.17) is 4.55 Å². The molecule has 0 aliphatic carbocycles. The Labute approximate surface area is 160 Å². The van der Waals surface area contributed by atoms with Gasteiger partial charge in [-0.3, -0.25) is 13.9 Å². The first-order chi connectivity index (χ1) is 13.1. The summed E-state index contributed by atoms with van der Waals surface area (Å²) in [6.45, 7) is 3.71. The zero-order chi connectivity index (χ0) is 21.1. The lowest BCUT2D eigenvalue weighted by Gasteiger charge is -2.11. The number of hydrogen-bond donors (Lipinski definition) is 3. The summed E-state index contributed by atoms with van der Waals surface area (Å²) in [5.74, 6) is -1.81. The summed E-state index contributed by atoms with van der Waals surface area (Å²) >= 11 is 0. The maximum atomic E-state index is 12.1. The van der Waals surface area contributed by atoms with Gasteiger partial charge in [0.15, 0.2) is 0 Å². The molecule has 0 spiro atoms. The normalized spacial score (nSPS) is 11.8. The van der Waals surface area contributed by atoms with Crippen LogP contribution >= 0.6 is 0 Å². The summed E-state index contributed by atoms with van der Waals surface area (Å²) < 4.78 is 32.8. The molecule has 0 aliphatic rings. The van der Waals surface area contributed by atoms with Gasteiger partial charge in [-0.05, 0) is 37.1 Å². The fraction of sp³-hybridized carbons (Fsp3) is 0.294. The number of aromatic hydroxyl groups is 1. The SMILES string of the molecule is CCCCn1c(O)c(N=Nc2cc(S(=O)(=O)O)ccc2C(=O)O)c(C)cc1=O. The number of carboxylic acids is 1. The number of benzene rings is 1. The fourth-order valence-electron chi connectivity index (χ4n) is 2.44. The van der Waals surface area contributed by atoms with Gasteiger partial charge in [-0.15, -0.1) is 10.2 Å². The molecule has 0 aliphatic heterocycles. The molecule has 0 saturated heterocycles. The number of carbonyl (C=O) groups is 1. The zero-order valence-corrected chi connectivity index (χ0v) is 16.0. The van der Waals surface area contributed by atoms with E-state index in [1.807, 2.05) is 6.92 Å². The van der Waals surface area contributed by atoms with Gasteiger partial charge in [0.25, 0.3) is 15.7 Å². The maximum absolute atomic E-state index is 12.1. The van der Waals surface area contributed by atoms with Gasteiger partial charge in [-0.1, -0.05) is 13.3 Å². The molecule has 0 radical (unpaired) electrons. The van der Waals surface area contributed by atoms with Gasteiger partial charge in [-0.25, -0.2) is 4.79 Å². The summed E-state index contributed by atoms with van der Waals surface area (Å²) in [4.78, 5) is 22.8. The van der Waals surface area contributed by atoms with E-state index in [1.54, 1.807) is 0 Å². The lowest BCUT2D eigenvalue weighted by Crippen LogP contribution is -2.19. The van der Waals surface area contributed by atoms with Crippen LogP contribution in [0.3, 0.4) is 0 Å². The number of pyridine rings is 1. The second-order valence-electron chi connectivity index (χ2n) is 6.00. The lowest BCUT2D eigenvalue weighted by atomic mass is 10.2. The molecule has 0 unspecified atom stereocenters. The Morgan fingerprint density at radius 2 is 1.89 bits per heavy atom. The highest BCUT2D eigenvalue weighted by Gasteiger charge is 2.17. The first-order valence-corrected chi connectivity index (χ1v) is 9.70. The number of carboxylic acid groups (broad SMARTS) is 1. The molecule has 0 bridgehead atoms. The van der Waals surface area contributed by atoms with Crippen LogP contribution in [-0.2, 0) is 16.7 Å². The molecule has 28 heavy (non-hydrogen) atoms. The van der Waals surface area contributed by atoms with Crippen molar-refractivity contribution in [2.24, 2.45) is 10.2 Å². The molecule has 11 heteroatoms. The van der Waals surface area contributed by atoms with E-state index in [0.29, 0.717) is 12.0 Å². The number of hydrogen-bond acceptors (Lipinski definition) is 7. The minimum absolute atomic E-state index is 0.0516. The zero-order valence-electron chi connectivity index (χ0n) is 15.2. The molecule has 10 nitrogen and oxygen atoms in total. The van der Waals surface area contributed by atoms with E-state index < -0.39 is 32.4 Å². The number of azo groups is 1. The van der Waals surface area contributed by atoms with Crippen molar-refractivity contribution < 1.29 is 28.0 Å². The second-order valence-corrected chi connectivity index (χ2v) is 7.42. The first-order valence-electron chi connectivity index (χ1n) is 8.26. The Kier molecular flexibility index (Phi) is 6.31. The third-order valence-electron chi connectivity index (χ3n) is 3.94. The average Bonchev–Trinajstić information content (AvgIpc) is 2.60. The number of unbranched alkanes of at least 4 members (excludes halogenated alkanes) is 1. The monoisotopic (exact) mass is 409 g/mol. The van der Waals surface area contributed by atoms with E-state index >= 15 is 0 Å². The quantitative estimate of drug-likeness (QED) is 0.468. The van der Waals surface area contributed by atoms with Crippen molar-refractivity contribution in [1.82, 2.24) is 4.57 Å². The van der Waals surface area contributed by atoms with E-state index in [2.05, 4.69) is 10.2 Å². The van der Waals surface area contributed by atoms with Crippen molar-refractivity contribution in [2.45, 2.75) is 38.1 Å². The maximum Gasteiger partial charge on any atom is 0.337 e. The average molecular weight is 409 g/mol. The van der Waals surface area contributed by atoms with Gasteiger partial charge < -0.3 is 10.2 Å². The van der Waals surface area contributed by atoms with Gasteiger partial charge in [-0.2, -0.15) is 8.42 Å². The Hall–Kier alpha value is -3.05. The highest BCUT2D eigenvalue weighted by molar-refractivity contribution is 7.85. The molecular formula is C17H19N3O7S. The second kappa shape index (κ2) is 8.31. The van der Waals surface area contributed by atoms with Crippen LogP contribution < -0.4 is 5.56 Å². The third kappa shape index (κ3) is 4.61. The Balaban J connectivity index is 2.59. The molecule has 3 N–H and O–H groups in total. The smallest absolute Gasteiger partial charge is 0.337 e. The van der Waals surface area contributed by atoms with Gasteiger partial charge in [0, 0.05) is 12.6 Å². The van der Waals surface area contributed by atoms with Crippen LogP contribution in [0.4, 0.5) is 11.4 Å². The number of aromatic nitrogens is 1. The number of rotatable bonds is 7. The highest BCUT2D eigenvalue weighted by atomic mass is 32.2. The molecule has 1 aromatic carbocycles. The summed E-state index contributed by atoms with van der Waals surface area (Å²) in [6.07, 6.45) is 1.44. The first kappa shape index (κ1) is 21.3.